The predicted molar refractivity (Wildman–Crippen MR) is 76.8 cm³/mol. The van der Waals surface area contributed by atoms with Gasteiger partial charge >= 0.3 is 0 Å². The molecule has 0 atom stereocenters. The molecule has 0 spiro atoms. The van der Waals surface area contributed by atoms with Crippen LogP contribution in [0.4, 0.5) is 15.8 Å². The number of nitrogens with zero attached hydrogens (tertiary/aromatic N) is 2. The lowest BCUT2D eigenvalue weighted by atomic mass is 10.2. The second-order valence-corrected chi connectivity index (χ2v) is 4.60. The first-order valence-electron chi connectivity index (χ1n) is 6.00. The second-order valence-electron chi connectivity index (χ2n) is 4.19. The van der Waals surface area contributed by atoms with Crippen LogP contribution in [0.1, 0.15) is 12.5 Å². The van der Waals surface area contributed by atoms with Crippen LogP contribution >= 0.6 is 11.6 Å². The molecule has 2 aromatic rings. The number of benzene rings is 1. The highest BCUT2D eigenvalue weighted by Crippen LogP contribution is 2.30. The summed E-state index contributed by atoms with van der Waals surface area (Å²) < 4.78 is 13.6. The zero-order valence-electron chi connectivity index (χ0n) is 10.6. The summed E-state index contributed by atoms with van der Waals surface area (Å²) in [7, 11) is 0. The number of hydrogen-bond donors (Lipinski definition) is 1. The molecule has 0 aliphatic rings. The lowest BCUT2D eigenvalue weighted by Gasteiger charge is -2.25. The monoisotopic (exact) mass is 279 g/mol. The molecule has 0 fully saturated rings. The highest BCUT2D eigenvalue weighted by molar-refractivity contribution is 6.31. The quantitative estimate of drug-likeness (QED) is 0.871. The van der Waals surface area contributed by atoms with E-state index in [1.807, 2.05) is 24.0 Å². The number of rotatable bonds is 4. The fourth-order valence-electron chi connectivity index (χ4n) is 1.90. The van der Waals surface area contributed by atoms with Crippen molar-refractivity contribution < 1.29 is 4.39 Å². The van der Waals surface area contributed by atoms with Crippen LogP contribution in [-0.2, 0) is 6.54 Å². The van der Waals surface area contributed by atoms with Gasteiger partial charge in [-0.05, 0) is 30.7 Å². The molecule has 3 nitrogen and oxygen atoms in total. The first-order chi connectivity index (χ1) is 9.11. The first-order valence-corrected chi connectivity index (χ1v) is 6.38. The third-order valence-electron chi connectivity index (χ3n) is 2.91. The minimum atomic E-state index is -0.459. The first kappa shape index (κ1) is 13.6. The zero-order chi connectivity index (χ0) is 13.8. The SMILES string of the molecule is CCN(Cc1ccncc1)c1cc(F)c(Cl)cc1N. The van der Waals surface area contributed by atoms with Crippen LogP contribution in [0, 0.1) is 5.82 Å². The van der Waals surface area contributed by atoms with E-state index < -0.39 is 5.82 Å². The van der Waals surface area contributed by atoms with Crippen molar-refractivity contribution in [1.82, 2.24) is 4.98 Å². The molecule has 0 aliphatic heterocycles. The second kappa shape index (κ2) is 5.89. The molecule has 19 heavy (non-hydrogen) atoms. The van der Waals surface area contributed by atoms with Crippen molar-refractivity contribution in [3.05, 3.63) is 53.1 Å². The molecule has 2 N–H and O–H groups in total. The van der Waals surface area contributed by atoms with E-state index in [4.69, 9.17) is 17.3 Å². The summed E-state index contributed by atoms with van der Waals surface area (Å²) in [5, 5.41) is 0.0428. The third-order valence-corrected chi connectivity index (χ3v) is 3.20. The molecule has 0 bridgehead atoms. The van der Waals surface area contributed by atoms with Crippen LogP contribution < -0.4 is 10.6 Å². The molecule has 0 saturated carbocycles. The number of halogens is 2. The third kappa shape index (κ3) is 3.15. The number of nitrogens with two attached hydrogens (primary N) is 1. The van der Waals surface area contributed by atoms with E-state index in [-0.39, 0.29) is 5.02 Å². The van der Waals surface area contributed by atoms with Gasteiger partial charge in [-0.2, -0.15) is 0 Å². The maximum Gasteiger partial charge on any atom is 0.144 e. The molecule has 0 radical (unpaired) electrons. The molecule has 5 heteroatoms. The van der Waals surface area contributed by atoms with Crippen LogP contribution in [0.5, 0.6) is 0 Å². The molecule has 100 valence electrons. The van der Waals surface area contributed by atoms with Crippen LogP contribution in [0.2, 0.25) is 5.02 Å². The maximum atomic E-state index is 13.6. The van der Waals surface area contributed by atoms with Gasteiger partial charge in [-0.3, -0.25) is 4.98 Å². The van der Waals surface area contributed by atoms with Crippen LogP contribution in [0.25, 0.3) is 0 Å². The summed E-state index contributed by atoms with van der Waals surface area (Å²) in [6.45, 7) is 3.35. The van der Waals surface area contributed by atoms with E-state index in [1.165, 1.54) is 12.1 Å². The van der Waals surface area contributed by atoms with Gasteiger partial charge in [-0.1, -0.05) is 11.6 Å². The van der Waals surface area contributed by atoms with Crippen molar-refractivity contribution in [1.29, 1.82) is 0 Å². The number of hydrogen-bond acceptors (Lipinski definition) is 3. The molecule has 2 rings (SSSR count). The topological polar surface area (TPSA) is 42.2 Å². The van der Waals surface area contributed by atoms with Gasteiger partial charge in [0.2, 0.25) is 0 Å². The van der Waals surface area contributed by atoms with E-state index in [0.717, 1.165) is 5.56 Å². The molecule has 1 aromatic carbocycles. The highest BCUT2D eigenvalue weighted by atomic mass is 35.5. The molecule has 0 amide bonds. The normalized spacial score (nSPS) is 10.5. The molecule has 0 unspecified atom stereocenters. The van der Waals surface area contributed by atoms with Crippen molar-refractivity contribution in [2.24, 2.45) is 0 Å². The van der Waals surface area contributed by atoms with Gasteiger partial charge in [0.25, 0.3) is 0 Å². The summed E-state index contributed by atoms with van der Waals surface area (Å²) >= 11 is 5.71. The Morgan fingerprint density at radius 3 is 2.63 bits per heavy atom. The van der Waals surface area contributed by atoms with Crippen molar-refractivity contribution in [3.63, 3.8) is 0 Å². The van der Waals surface area contributed by atoms with Crippen molar-refractivity contribution in [2.75, 3.05) is 17.2 Å². The largest absolute Gasteiger partial charge is 0.397 e. The predicted octanol–water partition coefficient (Wildman–Crippen LogP) is 3.48. The summed E-state index contributed by atoms with van der Waals surface area (Å²) in [6, 6.07) is 6.67. The summed E-state index contributed by atoms with van der Waals surface area (Å²) in [4.78, 5) is 5.96. The van der Waals surface area contributed by atoms with E-state index in [0.29, 0.717) is 24.5 Å². The van der Waals surface area contributed by atoms with E-state index in [2.05, 4.69) is 4.98 Å². The van der Waals surface area contributed by atoms with Crippen LogP contribution in [0.15, 0.2) is 36.7 Å². The Balaban J connectivity index is 2.30. The fourth-order valence-corrected chi connectivity index (χ4v) is 2.07. The van der Waals surface area contributed by atoms with Crippen molar-refractivity contribution in [2.45, 2.75) is 13.5 Å². The van der Waals surface area contributed by atoms with E-state index >= 15 is 0 Å². The molecule has 1 aromatic heterocycles. The molecular weight excluding hydrogens is 265 g/mol. The standard InChI is InChI=1S/C14H15ClFN3/c1-2-19(9-10-3-5-18-6-4-10)14-8-12(16)11(15)7-13(14)17/h3-8H,2,9,17H2,1H3. The van der Waals surface area contributed by atoms with Gasteiger partial charge in [0.15, 0.2) is 0 Å². The average Bonchev–Trinajstić information content (AvgIpc) is 2.42. The molecule has 0 saturated heterocycles. The van der Waals surface area contributed by atoms with Crippen molar-refractivity contribution >= 4 is 23.0 Å². The smallest absolute Gasteiger partial charge is 0.144 e. The molecule has 1 heterocycles. The number of nitrogen functional groups attached to an aromatic ring is 1. The zero-order valence-corrected chi connectivity index (χ0v) is 11.4. The fraction of sp³-hybridized carbons (Fsp3) is 0.214. The minimum Gasteiger partial charge on any atom is -0.397 e. The summed E-state index contributed by atoms with van der Waals surface area (Å²) in [6.07, 6.45) is 3.46. The summed E-state index contributed by atoms with van der Waals surface area (Å²) in [5.41, 5.74) is 8.13. The molecule has 0 aliphatic carbocycles. The Morgan fingerprint density at radius 1 is 1.32 bits per heavy atom. The van der Waals surface area contributed by atoms with Gasteiger partial charge in [0.1, 0.15) is 5.82 Å². The van der Waals surface area contributed by atoms with Crippen molar-refractivity contribution in [3.8, 4) is 0 Å². The molecular formula is C14H15ClFN3. The average molecular weight is 280 g/mol. The van der Waals surface area contributed by atoms with Crippen LogP contribution in [-0.4, -0.2) is 11.5 Å². The Bertz CT molecular complexity index is 560. The lowest BCUT2D eigenvalue weighted by Crippen LogP contribution is -2.23. The Hall–Kier alpha value is -1.81. The van der Waals surface area contributed by atoms with Gasteiger partial charge in [-0.15, -0.1) is 0 Å². The van der Waals surface area contributed by atoms with Crippen LogP contribution in [0.3, 0.4) is 0 Å². The van der Waals surface area contributed by atoms with E-state index in [9.17, 15) is 4.39 Å². The Morgan fingerprint density at radius 2 is 2.00 bits per heavy atom. The number of aromatic nitrogens is 1. The van der Waals surface area contributed by atoms with E-state index in [1.54, 1.807) is 12.4 Å². The minimum absolute atomic E-state index is 0.0428. The number of anilines is 2. The summed E-state index contributed by atoms with van der Waals surface area (Å²) in [5.74, 6) is -0.459. The lowest BCUT2D eigenvalue weighted by molar-refractivity contribution is 0.627. The number of pyridine rings is 1. The maximum absolute atomic E-state index is 13.6. The van der Waals surface area contributed by atoms with Gasteiger partial charge < -0.3 is 10.6 Å². The van der Waals surface area contributed by atoms with Gasteiger partial charge in [-0.25, -0.2) is 4.39 Å². The highest BCUT2D eigenvalue weighted by Gasteiger charge is 2.12. The van der Waals surface area contributed by atoms with Gasteiger partial charge in [0, 0.05) is 31.5 Å². The van der Waals surface area contributed by atoms with Gasteiger partial charge in [0.05, 0.1) is 16.4 Å². The Labute approximate surface area is 116 Å². The Kier molecular flexibility index (Phi) is 4.22.